The molecule has 0 saturated heterocycles. The second-order valence-corrected chi connectivity index (χ2v) is 23.6. The van der Waals surface area contributed by atoms with Gasteiger partial charge in [0.05, 0.1) is 5.58 Å². The summed E-state index contributed by atoms with van der Waals surface area (Å²) in [5.41, 5.74) is 6.26. The number of fused-ring (bicyclic) bond motifs is 7. The third-order valence-electron chi connectivity index (χ3n) is 8.51. The minimum absolute atomic E-state index is 0. The first kappa shape index (κ1) is 31.5. The summed E-state index contributed by atoms with van der Waals surface area (Å²) in [6.07, 6.45) is 3.80. The number of rotatable bonds is 4. The summed E-state index contributed by atoms with van der Waals surface area (Å²) in [5, 5.41) is 6.81. The molecule has 0 saturated carbocycles. The van der Waals surface area contributed by atoms with E-state index < -0.39 is 19.2 Å². The van der Waals surface area contributed by atoms with Gasteiger partial charge in [0, 0.05) is 38.4 Å². The van der Waals surface area contributed by atoms with Crippen LogP contribution in [0.3, 0.4) is 0 Å². The van der Waals surface area contributed by atoms with Crippen LogP contribution in [0, 0.1) is 12.1 Å². The second-order valence-electron chi connectivity index (χ2n) is 12.9. The Morgan fingerprint density at radius 2 is 1.47 bits per heavy atom. The quantitative estimate of drug-likeness (QED) is 0.101. The molecule has 47 heavy (non-hydrogen) atoms. The van der Waals surface area contributed by atoms with Gasteiger partial charge in [-0.3, -0.25) is 0 Å². The third-order valence-corrected chi connectivity index (χ3v) is 12.8. The largest absolute Gasteiger partial charge is 0 e. The van der Waals surface area contributed by atoms with E-state index in [9.17, 15) is 0 Å². The van der Waals surface area contributed by atoms with Gasteiger partial charge in [-0.2, -0.15) is 0 Å². The Morgan fingerprint density at radius 3 is 2.21 bits per heavy atom. The van der Waals surface area contributed by atoms with E-state index in [1.165, 1.54) is 15.2 Å². The molecule has 8 aromatic rings. The molecule has 235 valence electrons. The van der Waals surface area contributed by atoms with Gasteiger partial charge in [-0.15, -0.1) is 18.2 Å². The molecule has 0 aliphatic heterocycles. The number of pyridine rings is 2. The number of hydrogen-bond donors (Lipinski definition) is 0. The van der Waals surface area contributed by atoms with Crippen LogP contribution in [0.5, 0.6) is 0 Å². The number of nitrogens with zero attached hydrogens (tertiary/aromatic N) is 2. The fraction of sp³-hybridized carbons (Fsp3) is 0.143. The summed E-state index contributed by atoms with van der Waals surface area (Å²) in [4.78, 5) is 9.11. The van der Waals surface area contributed by atoms with Crippen LogP contribution < -0.4 is 4.40 Å². The SMILES string of the molecule is [2H]C(C)(C)c1ccnc(-c2[c-]ccc3c2oc2c3ccc3ccc4ccccc4c32)c1.[CH3][Ge]([CH3])([CH3])[c]1ccc(-c2[c-]cccc2)nc1.[Ir]. The van der Waals surface area contributed by atoms with Crippen LogP contribution in [-0.2, 0) is 20.1 Å². The Morgan fingerprint density at radius 1 is 0.702 bits per heavy atom. The van der Waals surface area contributed by atoms with Gasteiger partial charge in [-0.1, -0.05) is 85.0 Å². The number of aromatic nitrogens is 2. The van der Waals surface area contributed by atoms with Crippen molar-refractivity contribution in [2.45, 2.75) is 37.0 Å². The minimum atomic E-state index is -1.72. The van der Waals surface area contributed by atoms with Crippen molar-refractivity contribution in [2.24, 2.45) is 0 Å². The molecule has 5 aromatic carbocycles. The second kappa shape index (κ2) is 13.6. The summed E-state index contributed by atoms with van der Waals surface area (Å²) in [6, 6.07) is 43.7. The van der Waals surface area contributed by atoms with Crippen molar-refractivity contribution in [2.75, 3.05) is 0 Å². The van der Waals surface area contributed by atoms with E-state index in [2.05, 4.69) is 106 Å². The number of hydrogen-bond acceptors (Lipinski definition) is 3. The van der Waals surface area contributed by atoms with Crippen molar-refractivity contribution in [3.8, 4) is 22.5 Å². The number of furan rings is 1. The molecule has 8 rings (SSSR count). The van der Waals surface area contributed by atoms with Crippen LogP contribution in [0.25, 0.3) is 66.0 Å². The molecular weight excluding hydrogens is 813 g/mol. The van der Waals surface area contributed by atoms with Gasteiger partial charge in [-0.25, -0.2) is 0 Å². The van der Waals surface area contributed by atoms with Crippen LogP contribution in [0.4, 0.5) is 0 Å². The van der Waals surface area contributed by atoms with Gasteiger partial charge >= 0.3 is 99.8 Å². The van der Waals surface area contributed by atoms with Gasteiger partial charge in [0.25, 0.3) is 0 Å². The molecule has 3 aromatic heterocycles. The molecule has 0 aliphatic rings. The zero-order valence-electron chi connectivity index (χ0n) is 28.2. The summed E-state index contributed by atoms with van der Waals surface area (Å²) >= 11 is -1.72. The normalized spacial score (nSPS) is 12.1. The first-order valence-electron chi connectivity index (χ1n) is 16.2. The van der Waals surface area contributed by atoms with Crippen LogP contribution in [0.2, 0.25) is 17.3 Å². The summed E-state index contributed by atoms with van der Waals surface area (Å²) in [7, 11) is 0. The zero-order valence-corrected chi connectivity index (χ0v) is 31.7. The van der Waals surface area contributed by atoms with Gasteiger partial charge < -0.3 is 9.40 Å². The maximum atomic E-state index is 8.39. The van der Waals surface area contributed by atoms with E-state index in [1.54, 1.807) is 6.20 Å². The average molecular weight is 851 g/mol. The molecule has 0 N–H and O–H groups in total. The molecular formula is C42H36GeIrN2O-2. The monoisotopic (exact) mass is 852 g/mol. The van der Waals surface area contributed by atoms with Crippen molar-refractivity contribution in [3.63, 3.8) is 0 Å². The van der Waals surface area contributed by atoms with E-state index in [0.29, 0.717) is 0 Å². The van der Waals surface area contributed by atoms with E-state index in [4.69, 9.17) is 5.79 Å². The third kappa shape index (κ3) is 6.56. The Kier molecular flexibility index (Phi) is 9.09. The van der Waals surface area contributed by atoms with Gasteiger partial charge in [0.2, 0.25) is 0 Å². The van der Waals surface area contributed by atoms with Gasteiger partial charge in [0.15, 0.2) is 0 Å². The molecule has 0 spiro atoms. The first-order chi connectivity index (χ1) is 22.6. The maximum Gasteiger partial charge on any atom is 0 e. The van der Waals surface area contributed by atoms with Crippen molar-refractivity contribution < 1.29 is 25.9 Å². The summed E-state index contributed by atoms with van der Waals surface area (Å²) < 4.78 is 16.4. The van der Waals surface area contributed by atoms with Crippen molar-refractivity contribution >= 4 is 61.1 Å². The molecule has 0 fully saturated rings. The molecule has 0 bridgehead atoms. The molecule has 0 amide bonds. The van der Waals surface area contributed by atoms with Gasteiger partial charge in [-0.05, 0) is 33.8 Å². The minimum Gasteiger partial charge on any atom is 0 e. The van der Waals surface area contributed by atoms with E-state index in [0.717, 1.165) is 60.8 Å². The van der Waals surface area contributed by atoms with Crippen LogP contribution in [0.15, 0.2) is 126 Å². The van der Waals surface area contributed by atoms with Crippen LogP contribution in [0.1, 0.15) is 26.7 Å². The molecule has 3 heterocycles. The topological polar surface area (TPSA) is 38.9 Å². The fourth-order valence-electron chi connectivity index (χ4n) is 5.90. The molecule has 0 unspecified atom stereocenters. The zero-order chi connectivity index (χ0) is 32.8. The summed E-state index contributed by atoms with van der Waals surface area (Å²) in [5.74, 6) is 6.44. The predicted molar refractivity (Wildman–Crippen MR) is 196 cm³/mol. The molecule has 0 atom stereocenters. The fourth-order valence-corrected chi connectivity index (χ4v) is 8.08. The van der Waals surface area contributed by atoms with Crippen molar-refractivity contribution in [3.05, 3.63) is 139 Å². The molecule has 0 aliphatic carbocycles. The summed E-state index contributed by atoms with van der Waals surface area (Å²) in [6.45, 7) is 3.77. The smallest absolute Gasteiger partial charge is 0 e. The van der Waals surface area contributed by atoms with Crippen LogP contribution in [-0.4, -0.2) is 23.2 Å². The van der Waals surface area contributed by atoms with Crippen molar-refractivity contribution in [1.82, 2.24) is 9.97 Å². The molecule has 1 radical (unpaired) electrons. The Hall–Kier alpha value is -4.09. The van der Waals surface area contributed by atoms with E-state index in [-0.39, 0.29) is 20.1 Å². The Labute approximate surface area is 294 Å². The van der Waals surface area contributed by atoms with Crippen LogP contribution >= 0.6 is 0 Å². The molecule has 5 heteroatoms. The molecule has 3 nitrogen and oxygen atoms in total. The van der Waals surface area contributed by atoms with E-state index in [1.807, 2.05) is 62.5 Å². The van der Waals surface area contributed by atoms with Gasteiger partial charge in [0.1, 0.15) is 5.58 Å². The Balaban J connectivity index is 0.000000201. The average Bonchev–Trinajstić information content (AvgIpc) is 3.47. The standard InChI is InChI=1S/C28H20NO.C14H16GeN.Ir/c1-17(2)20-14-15-29-25(16-20)24-9-5-8-22-23-13-12-19-11-10-18-6-3-4-7-21(18)26(19)28(23)30-27(22)24;1-15(2,3)13-9-10-14(16-11-13)12-7-5-4-6-8-12;/h3-8,10-17H,1-2H3;4-7,9-11H,1-3H3;/q2*-1;/i17D;;. The van der Waals surface area contributed by atoms with E-state index >= 15 is 0 Å². The number of benzene rings is 5. The predicted octanol–water partition coefficient (Wildman–Crippen LogP) is 11.0. The van der Waals surface area contributed by atoms with Crippen molar-refractivity contribution in [1.29, 1.82) is 0 Å². The first-order valence-corrected chi connectivity index (χ1v) is 23.0. The Bertz CT molecular complexity index is 2370. The maximum absolute atomic E-state index is 8.39.